The number of hydrogen-bond acceptors (Lipinski definition) is 2. The molecule has 100 valence electrons. The molecule has 0 aliphatic rings. The molecular weight excluding hydrogens is 241 g/mol. The highest BCUT2D eigenvalue weighted by atomic mass is 19.1. The monoisotopic (exact) mass is 259 g/mol. The van der Waals surface area contributed by atoms with Gasteiger partial charge in [-0.1, -0.05) is 6.07 Å². The number of aliphatic hydroxyl groups excluding tert-OH is 1. The van der Waals surface area contributed by atoms with E-state index in [1.807, 2.05) is 32.9 Å². The number of pyridine rings is 1. The predicted molar refractivity (Wildman–Crippen MR) is 73.5 cm³/mol. The van der Waals surface area contributed by atoms with Crippen molar-refractivity contribution in [2.45, 2.75) is 33.3 Å². The standard InChI is InChI=1S/C16H18FNO/c1-10-6-15(17)5-4-13(10)9-16(19)14-7-11(2)18-12(3)8-14/h4-8,16,19H,9H2,1-3H3. The molecule has 0 amide bonds. The number of hydrogen-bond donors (Lipinski definition) is 1. The lowest BCUT2D eigenvalue weighted by atomic mass is 9.98. The van der Waals surface area contributed by atoms with Gasteiger partial charge in [0.05, 0.1) is 6.10 Å². The van der Waals surface area contributed by atoms with Gasteiger partial charge in [-0.05, 0) is 61.7 Å². The first-order valence-electron chi connectivity index (χ1n) is 6.34. The minimum Gasteiger partial charge on any atom is -0.388 e. The maximum atomic E-state index is 13.0. The molecule has 0 saturated carbocycles. The average molecular weight is 259 g/mol. The highest BCUT2D eigenvalue weighted by Crippen LogP contribution is 2.22. The molecule has 0 spiro atoms. The van der Waals surface area contributed by atoms with Crippen LogP contribution in [-0.2, 0) is 6.42 Å². The molecule has 19 heavy (non-hydrogen) atoms. The summed E-state index contributed by atoms with van der Waals surface area (Å²) < 4.78 is 13.0. The first kappa shape index (κ1) is 13.7. The Morgan fingerprint density at radius 3 is 2.32 bits per heavy atom. The first-order chi connectivity index (χ1) is 8.95. The second-order valence-electron chi connectivity index (χ2n) is 4.97. The summed E-state index contributed by atoms with van der Waals surface area (Å²) in [5.41, 5.74) is 4.46. The van der Waals surface area contributed by atoms with Crippen molar-refractivity contribution in [3.05, 3.63) is 64.2 Å². The molecule has 1 aromatic carbocycles. The summed E-state index contributed by atoms with van der Waals surface area (Å²) >= 11 is 0. The van der Waals surface area contributed by atoms with Crippen LogP contribution in [0, 0.1) is 26.6 Å². The van der Waals surface area contributed by atoms with E-state index in [1.54, 1.807) is 6.07 Å². The number of benzene rings is 1. The molecule has 0 aliphatic carbocycles. The van der Waals surface area contributed by atoms with Gasteiger partial charge in [-0.25, -0.2) is 4.39 Å². The van der Waals surface area contributed by atoms with E-state index in [-0.39, 0.29) is 5.82 Å². The van der Waals surface area contributed by atoms with Gasteiger partial charge in [-0.2, -0.15) is 0 Å². The molecule has 2 rings (SSSR count). The van der Waals surface area contributed by atoms with E-state index in [0.717, 1.165) is 28.1 Å². The van der Waals surface area contributed by atoms with Gasteiger partial charge in [0.15, 0.2) is 0 Å². The molecule has 1 heterocycles. The van der Waals surface area contributed by atoms with E-state index in [1.165, 1.54) is 12.1 Å². The van der Waals surface area contributed by atoms with Crippen LogP contribution in [0.1, 0.15) is 34.2 Å². The minimum atomic E-state index is -0.593. The van der Waals surface area contributed by atoms with Crippen molar-refractivity contribution in [2.75, 3.05) is 0 Å². The van der Waals surface area contributed by atoms with Gasteiger partial charge < -0.3 is 5.11 Å². The third kappa shape index (κ3) is 3.38. The van der Waals surface area contributed by atoms with Crippen molar-refractivity contribution in [3.8, 4) is 0 Å². The summed E-state index contributed by atoms with van der Waals surface area (Å²) in [4.78, 5) is 4.29. The first-order valence-corrected chi connectivity index (χ1v) is 6.34. The van der Waals surface area contributed by atoms with Crippen LogP contribution in [-0.4, -0.2) is 10.1 Å². The van der Waals surface area contributed by atoms with Crippen molar-refractivity contribution < 1.29 is 9.50 Å². The molecule has 3 heteroatoms. The number of aryl methyl sites for hydroxylation is 3. The topological polar surface area (TPSA) is 33.1 Å². The Hall–Kier alpha value is -1.74. The van der Waals surface area contributed by atoms with E-state index in [0.29, 0.717) is 6.42 Å². The summed E-state index contributed by atoms with van der Waals surface area (Å²) in [5, 5.41) is 10.3. The van der Waals surface area contributed by atoms with Gasteiger partial charge in [0.25, 0.3) is 0 Å². The van der Waals surface area contributed by atoms with E-state index in [4.69, 9.17) is 0 Å². The zero-order valence-electron chi connectivity index (χ0n) is 11.4. The predicted octanol–water partition coefficient (Wildman–Crippen LogP) is 3.42. The van der Waals surface area contributed by atoms with Crippen LogP contribution in [0.4, 0.5) is 4.39 Å². The summed E-state index contributed by atoms with van der Waals surface area (Å²) in [6, 6.07) is 8.42. The zero-order valence-corrected chi connectivity index (χ0v) is 11.4. The highest BCUT2D eigenvalue weighted by Gasteiger charge is 2.12. The Morgan fingerprint density at radius 1 is 1.11 bits per heavy atom. The molecule has 1 aromatic heterocycles. The Balaban J connectivity index is 2.22. The fourth-order valence-electron chi connectivity index (χ4n) is 2.27. The molecular formula is C16H18FNO. The van der Waals surface area contributed by atoms with Crippen LogP contribution in [0.25, 0.3) is 0 Å². The van der Waals surface area contributed by atoms with Crippen molar-refractivity contribution in [3.63, 3.8) is 0 Å². The third-order valence-electron chi connectivity index (χ3n) is 3.21. The molecule has 0 saturated heterocycles. The fraction of sp³-hybridized carbons (Fsp3) is 0.312. The maximum absolute atomic E-state index is 13.0. The SMILES string of the molecule is Cc1cc(C(O)Cc2ccc(F)cc2C)cc(C)n1. The molecule has 0 bridgehead atoms. The fourth-order valence-corrected chi connectivity index (χ4v) is 2.27. The van der Waals surface area contributed by atoms with Crippen LogP contribution < -0.4 is 0 Å². The van der Waals surface area contributed by atoms with Crippen molar-refractivity contribution in [1.82, 2.24) is 4.98 Å². The summed E-state index contributed by atoms with van der Waals surface area (Å²) in [7, 11) is 0. The van der Waals surface area contributed by atoms with Gasteiger partial charge in [0, 0.05) is 17.8 Å². The van der Waals surface area contributed by atoms with Crippen molar-refractivity contribution >= 4 is 0 Å². The summed E-state index contributed by atoms with van der Waals surface area (Å²) in [6.07, 6.45) is -0.112. The molecule has 1 atom stereocenters. The van der Waals surface area contributed by atoms with Gasteiger partial charge in [-0.15, -0.1) is 0 Å². The molecule has 2 nitrogen and oxygen atoms in total. The zero-order chi connectivity index (χ0) is 14.0. The van der Waals surface area contributed by atoms with Crippen LogP contribution >= 0.6 is 0 Å². The van der Waals surface area contributed by atoms with Gasteiger partial charge in [-0.3, -0.25) is 4.98 Å². The van der Waals surface area contributed by atoms with Gasteiger partial charge in [0.1, 0.15) is 5.82 Å². The Bertz CT molecular complexity index is 575. The quantitative estimate of drug-likeness (QED) is 0.916. The summed E-state index contributed by atoms with van der Waals surface area (Å²) in [6.45, 7) is 5.67. The van der Waals surface area contributed by atoms with Crippen LogP contribution in [0.15, 0.2) is 30.3 Å². The molecule has 1 N–H and O–H groups in total. The molecule has 0 fully saturated rings. The lowest BCUT2D eigenvalue weighted by Gasteiger charge is -2.14. The molecule has 0 aliphatic heterocycles. The maximum Gasteiger partial charge on any atom is 0.123 e. The molecule has 0 radical (unpaired) electrons. The number of nitrogens with zero attached hydrogens (tertiary/aromatic N) is 1. The second kappa shape index (κ2) is 5.49. The van der Waals surface area contributed by atoms with E-state index in [2.05, 4.69) is 4.98 Å². The average Bonchev–Trinajstić information content (AvgIpc) is 2.31. The lowest BCUT2D eigenvalue weighted by molar-refractivity contribution is 0.178. The minimum absolute atomic E-state index is 0.244. The molecule has 1 unspecified atom stereocenters. The normalized spacial score (nSPS) is 12.5. The van der Waals surface area contributed by atoms with Crippen LogP contribution in [0.2, 0.25) is 0 Å². The number of halogens is 1. The Morgan fingerprint density at radius 2 is 1.74 bits per heavy atom. The largest absolute Gasteiger partial charge is 0.388 e. The van der Waals surface area contributed by atoms with E-state index in [9.17, 15) is 9.50 Å². The Labute approximate surface area is 112 Å². The third-order valence-corrected chi connectivity index (χ3v) is 3.21. The summed E-state index contributed by atoms with van der Waals surface area (Å²) in [5.74, 6) is -0.244. The van der Waals surface area contributed by atoms with E-state index >= 15 is 0 Å². The van der Waals surface area contributed by atoms with E-state index < -0.39 is 6.10 Å². The van der Waals surface area contributed by atoms with Gasteiger partial charge in [0.2, 0.25) is 0 Å². The lowest BCUT2D eigenvalue weighted by Crippen LogP contribution is -2.05. The number of aliphatic hydroxyl groups is 1. The van der Waals surface area contributed by atoms with Crippen molar-refractivity contribution in [2.24, 2.45) is 0 Å². The molecule has 2 aromatic rings. The Kier molecular flexibility index (Phi) is 3.96. The van der Waals surface area contributed by atoms with Crippen LogP contribution in [0.3, 0.4) is 0 Å². The smallest absolute Gasteiger partial charge is 0.123 e. The second-order valence-corrected chi connectivity index (χ2v) is 4.97. The van der Waals surface area contributed by atoms with Crippen molar-refractivity contribution in [1.29, 1.82) is 0 Å². The van der Waals surface area contributed by atoms with Gasteiger partial charge >= 0.3 is 0 Å². The number of rotatable bonds is 3. The number of aromatic nitrogens is 1. The van der Waals surface area contributed by atoms with Crippen LogP contribution in [0.5, 0.6) is 0 Å². The highest BCUT2D eigenvalue weighted by molar-refractivity contribution is 5.30.